The fourth-order valence-electron chi connectivity index (χ4n) is 1.64. The van der Waals surface area contributed by atoms with E-state index in [-0.39, 0.29) is 0 Å². The minimum Gasteiger partial charge on any atom is -0.313 e. The molecule has 0 fully saturated rings. The second kappa shape index (κ2) is 10.8. The number of thioether (sulfide) groups is 1. The van der Waals surface area contributed by atoms with Crippen LogP contribution in [0.2, 0.25) is 0 Å². The average molecular weight is 231 g/mol. The minimum absolute atomic E-state index is 0.714. The first-order valence-electron chi connectivity index (χ1n) is 6.57. The Hall–Kier alpha value is 0.310. The van der Waals surface area contributed by atoms with Gasteiger partial charge in [-0.3, -0.25) is 0 Å². The third kappa shape index (κ3) is 8.15. The first kappa shape index (κ1) is 15.3. The molecule has 0 aromatic heterocycles. The van der Waals surface area contributed by atoms with E-state index in [1.54, 1.807) is 0 Å². The quantitative estimate of drug-likeness (QED) is 0.572. The third-order valence-corrected chi connectivity index (χ3v) is 4.16. The van der Waals surface area contributed by atoms with Crippen LogP contribution in [-0.2, 0) is 0 Å². The van der Waals surface area contributed by atoms with Gasteiger partial charge in [-0.1, -0.05) is 47.0 Å². The van der Waals surface area contributed by atoms with E-state index in [0.717, 1.165) is 12.5 Å². The number of nitrogens with one attached hydrogen (secondary N) is 1. The van der Waals surface area contributed by atoms with Gasteiger partial charge in [0, 0.05) is 11.8 Å². The molecule has 0 rings (SSSR count). The van der Waals surface area contributed by atoms with Crippen molar-refractivity contribution in [3.63, 3.8) is 0 Å². The highest BCUT2D eigenvalue weighted by Gasteiger charge is 2.13. The fourth-order valence-corrected chi connectivity index (χ4v) is 2.91. The van der Waals surface area contributed by atoms with E-state index in [0.29, 0.717) is 6.04 Å². The van der Waals surface area contributed by atoms with E-state index in [1.807, 2.05) is 0 Å². The van der Waals surface area contributed by atoms with Gasteiger partial charge in [0.15, 0.2) is 0 Å². The van der Waals surface area contributed by atoms with Crippen LogP contribution in [-0.4, -0.2) is 24.1 Å². The van der Waals surface area contributed by atoms with E-state index in [2.05, 4.69) is 44.8 Å². The lowest BCUT2D eigenvalue weighted by Gasteiger charge is -2.23. The summed E-state index contributed by atoms with van der Waals surface area (Å²) in [6, 6.07) is 0.714. The van der Waals surface area contributed by atoms with Crippen molar-refractivity contribution >= 4 is 11.8 Å². The van der Waals surface area contributed by atoms with E-state index < -0.39 is 0 Å². The van der Waals surface area contributed by atoms with Crippen LogP contribution < -0.4 is 5.32 Å². The molecule has 0 aliphatic heterocycles. The van der Waals surface area contributed by atoms with Crippen molar-refractivity contribution in [1.82, 2.24) is 5.32 Å². The minimum atomic E-state index is 0.714. The van der Waals surface area contributed by atoms with Crippen LogP contribution in [0.25, 0.3) is 0 Å². The molecule has 15 heavy (non-hydrogen) atoms. The maximum absolute atomic E-state index is 3.60. The fraction of sp³-hybridized carbons (Fsp3) is 1.00. The molecule has 0 saturated heterocycles. The number of unbranched alkanes of at least 4 members (excludes halogenated alkanes) is 2. The molecule has 0 aliphatic carbocycles. The topological polar surface area (TPSA) is 12.0 Å². The van der Waals surface area contributed by atoms with Gasteiger partial charge in [-0.25, -0.2) is 0 Å². The highest BCUT2D eigenvalue weighted by Crippen LogP contribution is 2.15. The first-order valence-corrected chi connectivity index (χ1v) is 7.72. The molecule has 0 aromatic rings. The summed E-state index contributed by atoms with van der Waals surface area (Å²) in [4.78, 5) is 0. The van der Waals surface area contributed by atoms with Crippen LogP contribution in [0.15, 0.2) is 0 Å². The summed E-state index contributed by atoms with van der Waals surface area (Å²) in [7, 11) is 0. The van der Waals surface area contributed by atoms with Crippen molar-refractivity contribution in [3.05, 3.63) is 0 Å². The largest absolute Gasteiger partial charge is 0.313 e. The Kier molecular flexibility index (Phi) is 11.0. The van der Waals surface area contributed by atoms with Crippen LogP contribution in [0.5, 0.6) is 0 Å². The van der Waals surface area contributed by atoms with Crippen LogP contribution in [0.4, 0.5) is 0 Å². The summed E-state index contributed by atoms with van der Waals surface area (Å²) >= 11 is 2.12. The molecule has 0 heterocycles. The third-order valence-electron chi connectivity index (χ3n) is 2.99. The maximum Gasteiger partial charge on any atom is 0.0183 e. The summed E-state index contributed by atoms with van der Waals surface area (Å²) in [5.74, 6) is 3.43. The molecular formula is C13H29NS. The maximum atomic E-state index is 3.60. The van der Waals surface area contributed by atoms with Crippen LogP contribution in [0, 0.1) is 5.92 Å². The van der Waals surface area contributed by atoms with Crippen molar-refractivity contribution in [2.75, 3.05) is 18.1 Å². The molecule has 0 aromatic carbocycles. The van der Waals surface area contributed by atoms with E-state index in [1.165, 1.54) is 37.2 Å². The molecule has 92 valence electrons. The summed E-state index contributed by atoms with van der Waals surface area (Å²) in [5, 5.41) is 3.60. The van der Waals surface area contributed by atoms with Crippen molar-refractivity contribution in [2.45, 2.75) is 59.4 Å². The molecule has 2 heteroatoms. The Bertz CT molecular complexity index is 128. The predicted octanol–water partition coefficient (Wildman–Crippen LogP) is 3.93. The normalized spacial score (nSPS) is 15.2. The van der Waals surface area contributed by atoms with Gasteiger partial charge < -0.3 is 5.32 Å². The SMILES string of the molecule is CCCCCSCC(NCC)C(C)CC. The van der Waals surface area contributed by atoms with Crippen molar-refractivity contribution < 1.29 is 0 Å². The van der Waals surface area contributed by atoms with Gasteiger partial charge >= 0.3 is 0 Å². The van der Waals surface area contributed by atoms with Gasteiger partial charge in [-0.05, 0) is 24.6 Å². The Balaban J connectivity index is 3.56. The monoisotopic (exact) mass is 231 g/mol. The molecule has 2 atom stereocenters. The lowest BCUT2D eigenvalue weighted by molar-refractivity contribution is 0.404. The average Bonchev–Trinajstić information content (AvgIpc) is 2.26. The zero-order valence-electron chi connectivity index (χ0n) is 11.0. The van der Waals surface area contributed by atoms with Crippen LogP contribution >= 0.6 is 11.8 Å². The summed E-state index contributed by atoms with van der Waals surface area (Å²) in [6.45, 7) is 10.2. The van der Waals surface area contributed by atoms with Gasteiger partial charge in [0.1, 0.15) is 0 Å². The first-order chi connectivity index (χ1) is 7.26. The Morgan fingerprint density at radius 1 is 1.13 bits per heavy atom. The highest BCUT2D eigenvalue weighted by molar-refractivity contribution is 7.99. The standard InChI is InChI=1S/C13H29NS/c1-5-8-9-10-15-11-13(14-7-3)12(4)6-2/h12-14H,5-11H2,1-4H3. The van der Waals surface area contributed by atoms with E-state index >= 15 is 0 Å². The lowest BCUT2D eigenvalue weighted by Crippen LogP contribution is -2.36. The van der Waals surface area contributed by atoms with Gasteiger partial charge in [0.25, 0.3) is 0 Å². The molecule has 2 unspecified atom stereocenters. The molecule has 0 radical (unpaired) electrons. The van der Waals surface area contributed by atoms with Crippen LogP contribution in [0.1, 0.15) is 53.4 Å². The smallest absolute Gasteiger partial charge is 0.0183 e. The Labute approximate surface area is 101 Å². The van der Waals surface area contributed by atoms with Gasteiger partial charge in [0.2, 0.25) is 0 Å². The molecule has 1 N–H and O–H groups in total. The van der Waals surface area contributed by atoms with Gasteiger partial charge in [0.05, 0.1) is 0 Å². The van der Waals surface area contributed by atoms with Crippen molar-refractivity contribution in [3.8, 4) is 0 Å². The summed E-state index contributed by atoms with van der Waals surface area (Å²) in [5.41, 5.74) is 0. The van der Waals surface area contributed by atoms with Crippen LogP contribution in [0.3, 0.4) is 0 Å². The molecule has 0 saturated carbocycles. The highest BCUT2D eigenvalue weighted by atomic mass is 32.2. The second-order valence-electron chi connectivity index (χ2n) is 4.33. The molecule has 0 amide bonds. The van der Waals surface area contributed by atoms with Gasteiger partial charge in [-0.15, -0.1) is 0 Å². The van der Waals surface area contributed by atoms with E-state index in [9.17, 15) is 0 Å². The second-order valence-corrected chi connectivity index (χ2v) is 5.48. The molecule has 0 aliphatic rings. The zero-order valence-corrected chi connectivity index (χ0v) is 11.8. The zero-order chi connectivity index (χ0) is 11.5. The summed E-state index contributed by atoms with van der Waals surface area (Å²) < 4.78 is 0. The Morgan fingerprint density at radius 3 is 2.40 bits per heavy atom. The lowest BCUT2D eigenvalue weighted by atomic mass is 10.0. The number of hydrogen-bond acceptors (Lipinski definition) is 2. The Morgan fingerprint density at radius 2 is 1.87 bits per heavy atom. The van der Waals surface area contributed by atoms with Crippen molar-refractivity contribution in [2.24, 2.45) is 5.92 Å². The van der Waals surface area contributed by atoms with Gasteiger partial charge in [-0.2, -0.15) is 11.8 Å². The molecule has 0 spiro atoms. The molecule has 1 nitrogen and oxygen atoms in total. The predicted molar refractivity (Wildman–Crippen MR) is 73.8 cm³/mol. The molecular weight excluding hydrogens is 202 g/mol. The van der Waals surface area contributed by atoms with E-state index in [4.69, 9.17) is 0 Å². The summed E-state index contributed by atoms with van der Waals surface area (Å²) in [6.07, 6.45) is 5.40. The molecule has 0 bridgehead atoms. The number of hydrogen-bond donors (Lipinski definition) is 1. The van der Waals surface area contributed by atoms with Crippen molar-refractivity contribution in [1.29, 1.82) is 0 Å². The number of rotatable bonds is 10.